The normalized spacial score (nSPS) is 15.3. The molecule has 1 saturated heterocycles. The highest BCUT2D eigenvalue weighted by Crippen LogP contribution is 2.29. The third-order valence-electron chi connectivity index (χ3n) is 6.22. The van der Waals surface area contributed by atoms with Crippen LogP contribution in [0.25, 0.3) is 0 Å². The zero-order valence-electron chi connectivity index (χ0n) is 19.1. The third kappa shape index (κ3) is 5.88. The van der Waals surface area contributed by atoms with Gasteiger partial charge in [0, 0.05) is 33.1 Å². The molecule has 4 rings (SSSR count). The molecule has 0 saturated carbocycles. The van der Waals surface area contributed by atoms with E-state index in [-0.39, 0.29) is 30.3 Å². The summed E-state index contributed by atoms with van der Waals surface area (Å²) in [7, 11) is 0. The monoisotopic (exact) mass is 441 g/mol. The van der Waals surface area contributed by atoms with Gasteiger partial charge in [0.05, 0.1) is 18.5 Å². The van der Waals surface area contributed by atoms with E-state index in [1.165, 1.54) is 18.1 Å². The molecule has 1 unspecified atom stereocenters. The number of amides is 2. The van der Waals surface area contributed by atoms with Gasteiger partial charge in [-0.2, -0.15) is 0 Å². The standard InChI is InChI=1S/C28H31N3O2/c1-22(32)29-26(23-11-5-2-6-12-23)21-27(33)30-17-19-31(20-18-30)28(24-13-7-3-8-14-24)25-15-9-4-10-16-25/h2-16,26,28H,17-21H2,1H3,(H,29,32). The second kappa shape index (κ2) is 10.9. The van der Waals surface area contributed by atoms with E-state index in [1.54, 1.807) is 0 Å². The number of hydrogen-bond acceptors (Lipinski definition) is 3. The minimum Gasteiger partial charge on any atom is -0.349 e. The van der Waals surface area contributed by atoms with Gasteiger partial charge in [0.25, 0.3) is 0 Å². The van der Waals surface area contributed by atoms with Gasteiger partial charge in [-0.25, -0.2) is 0 Å². The van der Waals surface area contributed by atoms with Crippen LogP contribution in [0.15, 0.2) is 91.0 Å². The van der Waals surface area contributed by atoms with Crippen LogP contribution in [0.2, 0.25) is 0 Å². The predicted molar refractivity (Wildman–Crippen MR) is 130 cm³/mol. The van der Waals surface area contributed by atoms with Gasteiger partial charge in [0.15, 0.2) is 0 Å². The summed E-state index contributed by atoms with van der Waals surface area (Å²) in [6.07, 6.45) is 0.268. The predicted octanol–water partition coefficient (Wildman–Crippen LogP) is 4.19. The number of nitrogens with zero attached hydrogens (tertiary/aromatic N) is 2. The van der Waals surface area contributed by atoms with Gasteiger partial charge in [-0.15, -0.1) is 0 Å². The topological polar surface area (TPSA) is 52.7 Å². The summed E-state index contributed by atoms with van der Waals surface area (Å²) < 4.78 is 0. The summed E-state index contributed by atoms with van der Waals surface area (Å²) in [5, 5.41) is 2.94. The fourth-order valence-electron chi connectivity index (χ4n) is 4.60. The van der Waals surface area contributed by atoms with Crippen molar-refractivity contribution in [2.24, 2.45) is 0 Å². The zero-order valence-corrected chi connectivity index (χ0v) is 19.1. The van der Waals surface area contributed by atoms with Crippen molar-refractivity contribution < 1.29 is 9.59 Å². The van der Waals surface area contributed by atoms with E-state index < -0.39 is 0 Å². The third-order valence-corrected chi connectivity index (χ3v) is 6.22. The van der Waals surface area contributed by atoms with Crippen LogP contribution >= 0.6 is 0 Å². The van der Waals surface area contributed by atoms with Crippen LogP contribution < -0.4 is 5.32 Å². The van der Waals surface area contributed by atoms with E-state index in [2.05, 4.69) is 58.7 Å². The first-order chi connectivity index (χ1) is 16.1. The van der Waals surface area contributed by atoms with E-state index in [4.69, 9.17) is 0 Å². The number of rotatable bonds is 7. The molecule has 0 spiro atoms. The van der Waals surface area contributed by atoms with Crippen LogP contribution in [0.5, 0.6) is 0 Å². The number of nitrogens with one attached hydrogen (secondary N) is 1. The van der Waals surface area contributed by atoms with Crippen molar-refractivity contribution in [3.63, 3.8) is 0 Å². The SMILES string of the molecule is CC(=O)NC(CC(=O)N1CCN(C(c2ccccc2)c2ccccc2)CC1)c1ccccc1. The summed E-state index contributed by atoms with van der Waals surface area (Å²) >= 11 is 0. The molecule has 0 radical (unpaired) electrons. The lowest BCUT2D eigenvalue weighted by atomic mass is 9.96. The average molecular weight is 442 g/mol. The average Bonchev–Trinajstić information content (AvgIpc) is 2.86. The highest BCUT2D eigenvalue weighted by atomic mass is 16.2. The first kappa shape index (κ1) is 22.7. The zero-order chi connectivity index (χ0) is 23.0. The summed E-state index contributed by atoms with van der Waals surface area (Å²) in [6.45, 7) is 4.45. The van der Waals surface area contributed by atoms with Crippen LogP contribution in [0.3, 0.4) is 0 Å². The maximum Gasteiger partial charge on any atom is 0.225 e. The Bertz CT molecular complexity index is 993. The molecule has 1 heterocycles. The fraction of sp³-hybridized carbons (Fsp3) is 0.286. The van der Waals surface area contributed by atoms with E-state index in [1.807, 2.05) is 47.4 Å². The molecule has 5 nitrogen and oxygen atoms in total. The molecule has 2 amide bonds. The second-order valence-corrected chi connectivity index (χ2v) is 8.51. The molecule has 170 valence electrons. The van der Waals surface area contributed by atoms with Gasteiger partial charge in [-0.05, 0) is 16.7 Å². The van der Waals surface area contributed by atoms with Gasteiger partial charge < -0.3 is 10.2 Å². The molecule has 3 aromatic carbocycles. The maximum absolute atomic E-state index is 13.1. The Morgan fingerprint density at radius 2 is 1.18 bits per heavy atom. The second-order valence-electron chi connectivity index (χ2n) is 8.51. The summed E-state index contributed by atoms with van der Waals surface area (Å²) in [5.74, 6) is -0.0525. The van der Waals surface area contributed by atoms with Crippen molar-refractivity contribution in [1.82, 2.24) is 15.1 Å². The quantitative estimate of drug-likeness (QED) is 0.598. The summed E-state index contributed by atoms with van der Waals surface area (Å²) in [4.78, 5) is 29.3. The van der Waals surface area contributed by atoms with E-state index in [0.717, 1.165) is 18.7 Å². The molecule has 5 heteroatoms. The van der Waals surface area contributed by atoms with Gasteiger partial charge in [-0.1, -0.05) is 91.0 Å². The fourth-order valence-corrected chi connectivity index (χ4v) is 4.60. The Labute approximate surface area is 196 Å². The molecular formula is C28H31N3O2. The van der Waals surface area contributed by atoms with Crippen LogP contribution in [0.1, 0.15) is 42.1 Å². The Morgan fingerprint density at radius 3 is 1.64 bits per heavy atom. The van der Waals surface area contributed by atoms with Crippen molar-refractivity contribution in [2.75, 3.05) is 26.2 Å². The Morgan fingerprint density at radius 1 is 0.727 bits per heavy atom. The lowest BCUT2D eigenvalue weighted by Gasteiger charge is -2.40. The summed E-state index contributed by atoms with van der Waals surface area (Å²) in [5.41, 5.74) is 3.48. The molecule has 1 N–H and O–H groups in total. The van der Waals surface area contributed by atoms with E-state index >= 15 is 0 Å². The molecule has 0 aliphatic carbocycles. The first-order valence-electron chi connectivity index (χ1n) is 11.6. The Kier molecular flexibility index (Phi) is 7.53. The molecule has 1 atom stereocenters. The first-order valence-corrected chi connectivity index (χ1v) is 11.6. The number of benzene rings is 3. The van der Waals surface area contributed by atoms with Crippen LogP contribution in [-0.2, 0) is 9.59 Å². The smallest absolute Gasteiger partial charge is 0.225 e. The van der Waals surface area contributed by atoms with E-state index in [0.29, 0.717) is 13.1 Å². The van der Waals surface area contributed by atoms with Gasteiger partial charge in [-0.3, -0.25) is 14.5 Å². The maximum atomic E-state index is 13.1. The van der Waals surface area contributed by atoms with Crippen LogP contribution in [0, 0.1) is 0 Å². The Hall–Kier alpha value is -3.44. The molecule has 3 aromatic rings. The van der Waals surface area contributed by atoms with Gasteiger partial charge in [0.1, 0.15) is 0 Å². The minimum atomic E-state index is -0.310. The van der Waals surface area contributed by atoms with Gasteiger partial charge in [0.2, 0.25) is 11.8 Å². The van der Waals surface area contributed by atoms with Gasteiger partial charge >= 0.3 is 0 Å². The molecule has 33 heavy (non-hydrogen) atoms. The van der Waals surface area contributed by atoms with Crippen molar-refractivity contribution in [3.05, 3.63) is 108 Å². The number of carbonyl (C=O) groups excluding carboxylic acids is 2. The van der Waals surface area contributed by atoms with Crippen LogP contribution in [-0.4, -0.2) is 47.8 Å². The van der Waals surface area contributed by atoms with Crippen molar-refractivity contribution in [2.45, 2.75) is 25.4 Å². The highest BCUT2D eigenvalue weighted by Gasteiger charge is 2.29. The molecule has 0 bridgehead atoms. The van der Waals surface area contributed by atoms with Crippen molar-refractivity contribution >= 4 is 11.8 Å². The van der Waals surface area contributed by atoms with Crippen molar-refractivity contribution in [1.29, 1.82) is 0 Å². The molecule has 1 fully saturated rings. The number of hydrogen-bond donors (Lipinski definition) is 1. The molecule has 1 aliphatic heterocycles. The minimum absolute atomic E-state index is 0.0771. The van der Waals surface area contributed by atoms with Crippen molar-refractivity contribution in [3.8, 4) is 0 Å². The highest BCUT2D eigenvalue weighted by molar-refractivity contribution is 5.79. The lowest BCUT2D eigenvalue weighted by Crippen LogP contribution is -2.50. The van der Waals surface area contributed by atoms with Crippen LogP contribution in [0.4, 0.5) is 0 Å². The number of carbonyl (C=O) groups is 2. The molecule has 1 aliphatic rings. The Balaban J connectivity index is 1.43. The lowest BCUT2D eigenvalue weighted by molar-refractivity contribution is -0.134. The largest absolute Gasteiger partial charge is 0.349 e. The number of piperazine rings is 1. The summed E-state index contributed by atoms with van der Waals surface area (Å²) in [6, 6.07) is 30.7. The molecule has 0 aromatic heterocycles. The molecular weight excluding hydrogens is 410 g/mol. The van der Waals surface area contributed by atoms with E-state index in [9.17, 15) is 9.59 Å².